The Morgan fingerprint density at radius 3 is 2.76 bits per heavy atom. The van der Waals surface area contributed by atoms with Crippen molar-refractivity contribution in [3.63, 3.8) is 0 Å². The van der Waals surface area contributed by atoms with E-state index in [2.05, 4.69) is 48.7 Å². The number of aromatic nitrogens is 2. The Morgan fingerprint density at radius 2 is 2.03 bits per heavy atom. The van der Waals surface area contributed by atoms with Crippen LogP contribution >= 0.6 is 0 Å². The van der Waals surface area contributed by atoms with Gasteiger partial charge in [0.1, 0.15) is 0 Å². The standard InChI is InChI=1S/C25H34N2O2/c1-16-12-18-13-17(14-22(28)29)6-8-24(18,2)20-7-9-25(3)19(23(16)20)4-5-21(25)27-11-10-26-15-27/h5,10-12,15-17,19-20,23H,4,6-9,13-14H2,1-3H3,(H,28,29)/t16?,17?,19-,20+,23-,24-,25-/m0/s1. The van der Waals surface area contributed by atoms with Crippen LogP contribution in [0.3, 0.4) is 0 Å². The summed E-state index contributed by atoms with van der Waals surface area (Å²) in [6.45, 7) is 7.41. The molecule has 5 rings (SSSR count). The van der Waals surface area contributed by atoms with Gasteiger partial charge in [0.2, 0.25) is 0 Å². The van der Waals surface area contributed by atoms with Gasteiger partial charge in [-0.2, -0.15) is 0 Å². The molecule has 1 aromatic heterocycles. The van der Waals surface area contributed by atoms with Crippen LogP contribution in [0.4, 0.5) is 0 Å². The number of fused-ring (bicyclic) bond motifs is 5. The zero-order valence-corrected chi connectivity index (χ0v) is 18.0. The van der Waals surface area contributed by atoms with Crippen LogP contribution in [0.2, 0.25) is 0 Å². The first-order valence-corrected chi connectivity index (χ1v) is 11.4. The topological polar surface area (TPSA) is 55.1 Å². The van der Waals surface area contributed by atoms with E-state index >= 15 is 0 Å². The summed E-state index contributed by atoms with van der Waals surface area (Å²) in [6, 6.07) is 0. The Morgan fingerprint density at radius 1 is 1.24 bits per heavy atom. The van der Waals surface area contributed by atoms with Crippen LogP contribution in [0, 0.1) is 40.4 Å². The van der Waals surface area contributed by atoms with Crippen molar-refractivity contribution >= 4 is 11.7 Å². The van der Waals surface area contributed by atoms with Gasteiger partial charge in [-0.05, 0) is 73.5 Å². The largest absolute Gasteiger partial charge is 0.481 e. The van der Waals surface area contributed by atoms with Gasteiger partial charge in [-0.1, -0.05) is 38.5 Å². The average Bonchev–Trinajstić information content (AvgIpc) is 3.29. The quantitative estimate of drug-likeness (QED) is 0.676. The summed E-state index contributed by atoms with van der Waals surface area (Å²) in [4.78, 5) is 15.6. The van der Waals surface area contributed by atoms with E-state index in [1.54, 1.807) is 5.57 Å². The highest BCUT2D eigenvalue weighted by Crippen LogP contribution is 2.67. The molecule has 0 aliphatic heterocycles. The molecule has 2 fully saturated rings. The molecule has 1 aromatic rings. The summed E-state index contributed by atoms with van der Waals surface area (Å²) in [5.74, 6) is 2.41. The van der Waals surface area contributed by atoms with Crippen molar-refractivity contribution in [2.45, 2.75) is 65.7 Å². The molecule has 2 unspecified atom stereocenters. The predicted molar refractivity (Wildman–Crippen MR) is 114 cm³/mol. The van der Waals surface area contributed by atoms with Crippen molar-refractivity contribution in [1.29, 1.82) is 0 Å². The second-order valence-electron chi connectivity index (χ2n) is 10.7. The third kappa shape index (κ3) is 2.78. The zero-order chi connectivity index (χ0) is 20.4. The fourth-order valence-electron chi connectivity index (χ4n) is 7.87. The van der Waals surface area contributed by atoms with Crippen molar-refractivity contribution in [3.8, 4) is 0 Å². The number of carboxylic acid groups (broad SMARTS) is 1. The molecule has 0 amide bonds. The minimum atomic E-state index is -0.640. The smallest absolute Gasteiger partial charge is 0.303 e. The SMILES string of the molecule is CC1C=C2CC(CC(=O)O)CC[C@]2(C)[C@@H]2CC[C@]3(C)C(n4ccnc4)=CC[C@H]3[C@H]12. The second kappa shape index (κ2) is 6.58. The Labute approximate surface area is 174 Å². The van der Waals surface area contributed by atoms with Crippen LogP contribution in [0.25, 0.3) is 5.70 Å². The molecule has 4 nitrogen and oxygen atoms in total. The van der Waals surface area contributed by atoms with Crippen molar-refractivity contribution in [2.24, 2.45) is 40.4 Å². The fourth-order valence-corrected chi connectivity index (χ4v) is 7.87. The molecular weight excluding hydrogens is 360 g/mol. The van der Waals surface area contributed by atoms with E-state index in [0.29, 0.717) is 24.2 Å². The molecule has 0 aromatic carbocycles. The summed E-state index contributed by atoms with van der Waals surface area (Å²) in [6.07, 6.45) is 18.2. The van der Waals surface area contributed by atoms with Crippen LogP contribution < -0.4 is 0 Å². The van der Waals surface area contributed by atoms with Crippen molar-refractivity contribution < 1.29 is 9.90 Å². The van der Waals surface area contributed by atoms with E-state index in [1.807, 2.05) is 12.5 Å². The lowest BCUT2D eigenvalue weighted by Crippen LogP contribution is -2.52. The van der Waals surface area contributed by atoms with Crippen molar-refractivity contribution in [3.05, 3.63) is 36.4 Å². The van der Waals surface area contributed by atoms with Crippen LogP contribution in [0.5, 0.6) is 0 Å². The van der Waals surface area contributed by atoms with Crippen LogP contribution in [0.1, 0.15) is 65.7 Å². The van der Waals surface area contributed by atoms with Gasteiger partial charge in [0.15, 0.2) is 0 Å². The summed E-state index contributed by atoms with van der Waals surface area (Å²) < 4.78 is 2.24. The number of imidazole rings is 1. The molecule has 4 aliphatic rings. The van der Waals surface area contributed by atoms with Crippen molar-refractivity contribution in [2.75, 3.05) is 0 Å². The third-order valence-electron chi connectivity index (χ3n) is 9.32. The van der Waals surface area contributed by atoms with E-state index in [4.69, 9.17) is 0 Å². The lowest BCUT2D eigenvalue weighted by atomic mass is 9.45. The van der Waals surface area contributed by atoms with E-state index in [1.165, 1.54) is 25.0 Å². The Kier molecular flexibility index (Phi) is 4.34. The molecule has 7 atom stereocenters. The summed E-state index contributed by atoms with van der Waals surface area (Å²) >= 11 is 0. The number of carboxylic acids is 1. The number of aliphatic carboxylic acids is 1. The van der Waals surface area contributed by atoms with Crippen molar-refractivity contribution in [1.82, 2.24) is 9.55 Å². The molecule has 156 valence electrons. The van der Waals surface area contributed by atoms with Gasteiger partial charge in [-0.25, -0.2) is 4.98 Å². The summed E-state index contributed by atoms with van der Waals surface area (Å²) in [7, 11) is 0. The highest BCUT2D eigenvalue weighted by atomic mass is 16.4. The van der Waals surface area contributed by atoms with Crippen LogP contribution in [-0.4, -0.2) is 20.6 Å². The van der Waals surface area contributed by atoms with E-state index in [9.17, 15) is 9.90 Å². The monoisotopic (exact) mass is 394 g/mol. The Bertz CT molecular complexity index is 869. The molecule has 4 aliphatic carbocycles. The van der Waals surface area contributed by atoms with Gasteiger partial charge in [0, 0.05) is 29.9 Å². The highest BCUT2D eigenvalue weighted by molar-refractivity contribution is 5.67. The van der Waals surface area contributed by atoms with Crippen LogP contribution in [0.15, 0.2) is 36.4 Å². The predicted octanol–water partition coefficient (Wildman–Crippen LogP) is 5.63. The van der Waals surface area contributed by atoms with E-state index in [-0.39, 0.29) is 10.8 Å². The Hall–Kier alpha value is -1.84. The maximum absolute atomic E-state index is 11.3. The van der Waals surface area contributed by atoms with E-state index in [0.717, 1.165) is 31.1 Å². The number of hydrogen-bond donors (Lipinski definition) is 1. The summed E-state index contributed by atoms with van der Waals surface area (Å²) in [5.41, 5.74) is 3.53. The second-order valence-corrected chi connectivity index (χ2v) is 10.7. The zero-order valence-electron chi connectivity index (χ0n) is 18.0. The number of nitrogens with zero attached hydrogens (tertiary/aromatic N) is 2. The number of allylic oxidation sites excluding steroid dienone is 4. The average molecular weight is 395 g/mol. The van der Waals surface area contributed by atoms with Gasteiger partial charge < -0.3 is 9.67 Å². The first kappa shape index (κ1) is 19.1. The maximum Gasteiger partial charge on any atom is 0.303 e. The van der Waals surface area contributed by atoms with Gasteiger partial charge in [-0.15, -0.1) is 0 Å². The molecule has 0 bridgehead atoms. The molecule has 4 heteroatoms. The highest BCUT2D eigenvalue weighted by Gasteiger charge is 2.58. The molecular formula is C25H34N2O2. The summed E-state index contributed by atoms with van der Waals surface area (Å²) in [5, 5.41) is 9.27. The molecule has 29 heavy (non-hydrogen) atoms. The molecule has 0 spiro atoms. The first-order valence-electron chi connectivity index (χ1n) is 11.4. The molecule has 0 saturated heterocycles. The van der Waals surface area contributed by atoms with E-state index < -0.39 is 5.97 Å². The first-order chi connectivity index (χ1) is 13.8. The number of rotatable bonds is 3. The molecule has 1 heterocycles. The molecule has 2 saturated carbocycles. The minimum Gasteiger partial charge on any atom is -0.481 e. The third-order valence-corrected chi connectivity index (χ3v) is 9.32. The number of hydrogen-bond acceptors (Lipinski definition) is 2. The molecule has 1 N–H and O–H groups in total. The van der Waals surface area contributed by atoms with Gasteiger partial charge in [0.05, 0.1) is 6.33 Å². The van der Waals surface area contributed by atoms with Gasteiger partial charge >= 0.3 is 5.97 Å². The van der Waals surface area contributed by atoms with Gasteiger partial charge in [-0.3, -0.25) is 4.79 Å². The van der Waals surface area contributed by atoms with Crippen LogP contribution in [-0.2, 0) is 4.79 Å². The van der Waals surface area contributed by atoms with Gasteiger partial charge in [0.25, 0.3) is 0 Å². The molecule has 0 radical (unpaired) electrons. The Balaban J connectivity index is 1.45. The maximum atomic E-state index is 11.3. The lowest BCUT2D eigenvalue weighted by molar-refractivity contribution is -0.138. The fraction of sp³-hybridized carbons (Fsp3) is 0.680. The number of carbonyl (C=O) groups is 1. The normalized spacial score (nSPS) is 43.6. The lowest BCUT2D eigenvalue weighted by Gasteiger charge is -2.59. The minimum absolute atomic E-state index is 0.234.